The van der Waals surface area contributed by atoms with Gasteiger partial charge in [0.25, 0.3) is 11.6 Å². The number of hydrogen-bond acceptors (Lipinski definition) is 5. The van der Waals surface area contributed by atoms with Crippen LogP contribution in [-0.2, 0) is 9.59 Å². The average Bonchev–Trinajstić information content (AvgIpc) is 2.60. The number of amides is 2. The van der Waals surface area contributed by atoms with Crippen molar-refractivity contribution in [3.63, 3.8) is 0 Å². The highest BCUT2D eigenvalue weighted by Gasteiger charge is 2.29. The topological polar surface area (TPSA) is 102 Å². The van der Waals surface area contributed by atoms with Gasteiger partial charge in [0.15, 0.2) is 6.61 Å². The second-order valence-electron chi connectivity index (χ2n) is 5.69. The summed E-state index contributed by atoms with van der Waals surface area (Å²) in [7, 11) is 0. The van der Waals surface area contributed by atoms with Gasteiger partial charge < -0.3 is 10.1 Å². The van der Waals surface area contributed by atoms with Crippen molar-refractivity contribution in [2.24, 2.45) is 0 Å². The lowest BCUT2D eigenvalue weighted by atomic mass is 10.2. The van der Waals surface area contributed by atoms with Gasteiger partial charge in [0.2, 0.25) is 5.91 Å². The molecule has 0 atom stereocenters. The Balaban J connectivity index is 1.81. The molecule has 1 heterocycles. The van der Waals surface area contributed by atoms with E-state index in [1.165, 1.54) is 23.1 Å². The molecule has 26 heavy (non-hydrogen) atoms. The molecule has 0 aliphatic carbocycles. The number of nitro benzene ring substituents is 1. The third-order valence-electron chi connectivity index (χ3n) is 3.85. The fraction of sp³-hybridized carbons (Fsp3) is 0.176. The predicted octanol–water partition coefficient (Wildman–Crippen LogP) is 3.03. The lowest BCUT2D eigenvalue weighted by molar-refractivity contribution is -0.384. The lowest BCUT2D eigenvalue weighted by Crippen LogP contribution is -2.43. The lowest BCUT2D eigenvalue weighted by Gasteiger charge is -2.28. The first-order valence-corrected chi connectivity index (χ1v) is 8.42. The molecule has 134 valence electrons. The van der Waals surface area contributed by atoms with Crippen LogP contribution in [0.25, 0.3) is 0 Å². The van der Waals surface area contributed by atoms with Crippen LogP contribution in [0.5, 0.6) is 5.75 Å². The van der Waals surface area contributed by atoms with Crippen LogP contribution in [0.15, 0.2) is 40.9 Å². The third kappa shape index (κ3) is 3.67. The molecule has 1 aliphatic rings. The molecule has 2 aromatic carbocycles. The van der Waals surface area contributed by atoms with Gasteiger partial charge in [0.05, 0.1) is 10.6 Å². The van der Waals surface area contributed by atoms with Crippen LogP contribution in [0, 0.1) is 17.0 Å². The summed E-state index contributed by atoms with van der Waals surface area (Å²) >= 11 is 3.39. The van der Waals surface area contributed by atoms with Crippen molar-refractivity contribution in [3.8, 4) is 5.75 Å². The number of carbonyl (C=O) groups excluding carboxylic acids is 2. The van der Waals surface area contributed by atoms with Gasteiger partial charge in [-0.2, -0.15) is 0 Å². The van der Waals surface area contributed by atoms with Crippen molar-refractivity contribution in [2.75, 3.05) is 23.4 Å². The van der Waals surface area contributed by atoms with E-state index >= 15 is 0 Å². The Hall–Kier alpha value is -2.94. The quantitative estimate of drug-likeness (QED) is 0.605. The molecule has 0 bridgehead atoms. The van der Waals surface area contributed by atoms with Gasteiger partial charge in [0, 0.05) is 22.3 Å². The van der Waals surface area contributed by atoms with E-state index < -0.39 is 16.7 Å². The van der Waals surface area contributed by atoms with Crippen molar-refractivity contribution in [2.45, 2.75) is 6.92 Å². The van der Waals surface area contributed by atoms with Gasteiger partial charge in [0.1, 0.15) is 12.3 Å². The van der Waals surface area contributed by atoms with Crippen molar-refractivity contribution in [3.05, 3.63) is 56.5 Å². The second-order valence-corrected chi connectivity index (χ2v) is 6.54. The maximum absolute atomic E-state index is 12.4. The van der Waals surface area contributed by atoms with E-state index in [4.69, 9.17) is 4.74 Å². The fourth-order valence-corrected chi connectivity index (χ4v) is 2.87. The summed E-state index contributed by atoms with van der Waals surface area (Å²) in [5.41, 5.74) is 1.62. The molecule has 8 nitrogen and oxygen atoms in total. The van der Waals surface area contributed by atoms with Gasteiger partial charge >= 0.3 is 0 Å². The zero-order valence-electron chi connectivity index (χ0n) is 13.7. The average molecular weight is 420 g/mol. The zero-order chi connectivity index (χ0) is 18.8. The van der Waals surface area contributed by atoms with E-state index in [-0.39, 0.29) is 24.5 Å². The van der Waals surface area contributed by atoms with Crippen LogP contribution in [-0.4, -0.2) is 29.9 Å². The molecule has 9 heteroatoms. The SMILES string of the molecule is Cc1ccc(NC(=O)CN2C(=O)COc3ccc([N+](=O)[O-])cc32)cc1Br. The minimum absolute atomic E-state index is 0.185. The maximum Gasteiger partial charge on any atom is 0.271 e. The molecule has 2 aromatic rings. The monoisotopic (exact) mass is 419 g/mol. The normalized spacial score (nSPS) is 13.0. The maximum atomic E-state index is 12.4. The number of hydrogen-bond donors (Lipinski definition) is 1. The fourth-order valence-electron chi connectivity index (χ4n) is 2.49. The van der Waals surface area contributed by atoms with E-state index in [2.05, 4.69) is 21.2 Å². The number of nitrogens with one attached hydrogen (secondary N) is 1. The first-order chi connectivity index (χ1) is 12.3. The molecule has 0 unspecified atom stereocenters. The number of rotatable bonds is 4. The van der Waals surface area contributed by atoms with Gasteiger partial charge in [-0.3, -0.25) is 24.6 Å². The number of fused-ring (bicyclic) bond motifs is 1. The Morgan fingerprint density at radius 3 is 2.81 bits per heavy atom. The number of ether oxygens (including phenoxy) is 1. The Bertz CT molecular complexity index is 915. The van der Waals surface area contributed by atoms with Crippen molar-refractivity contribution in [1.29, 1.82) is 0 Å². The Morgan fingerprint density at radius 1 is 1.35 bits per heavy atom. The molecule has 0 saturated heterocycles. The first kappa shape index (κ1) is 17.9. The van der Waals surface area contributed by atoms with Gasteiger partial charge in [-0.25, -0.2) is 0 Å². The highest BCUT2D eigenvalue weighted by molar-refractivity contribution is 9.10. The zero-order valence-corrected chi connectivity index (χ0v) is 15.3. The summed E-state index contributed by atoms with van der Waals surface area (Å²) < 4.78 is 6.12. The summed E-state index contributed by atoms with van der Waals surface area (Å²) in [4.78, 5) is 36.1. The molecule has 2 amide bonds. The molecule has 0 aromatic heterocycles. The molecule has 1 aliphatic heterocycles. The van der Waals surface area contributed by atoms with E-state index in [1.807, 2.05) is 13.0 Å². The second kappa shape index (κ2) is 7.12. The number of benzene rings is 2. The summed E-state index contributed by atoms with van der Waals surface area (Å²) in [5.74, 6) is -0.548. The number of halogens is 1. The van der Waals surface area contributed by atoms with E-state index in [1.54, 1.807) is 12.1 Å². The highest BCUT2D eigenvalue weighted by atomic mass is 79.9. The van der Waals surface area contributed by atoms with Crippen LogP contribution in [0.3, 0.4) is 0 Å². The van der Waals surface area contributed by atoms with Crippen LogP contribution < -0.4 is 15.0 Å². The van der Waals surface area contributed by atoms with Crippen LogP contribution in [0.4, 0.5) is 17.1 Å². The van der Waals surface area contributed by atoms with Gasteiger partial charge in [-0.1, -0.05) is 22.0 Å². The molecule has 3 rings (SSSR count). The molecule has 0 spiro atoms. The number of carbonyl (C=O) groups is 2. The van der Waals surface area contributed by atoms with Gasteiger partial charge in [-0.15, -0.1) is 0 Å². The highest BCUT2D eigenvalue weighted by Crippen LogP contribution is 2.35. The van der Waals surface area contributed by atoms with Crippen molar-refractivity contribution >= 4 is 44.8 Å². The predicted molar refractivity (Wildman–Crippen MR) is 98.5 cm³/mol. The smallest absolute Gasteiger partial charge is 0.271 e. The van der Waals surface area contributed by atoms with Gasteiger partial charge in [-0.05, 0) is 30.7 Å². The Labute approximate surface area is 157 Å². The van der Waals surface area contributed by atoms with Crippen molar-refractivity contribution in [1.82, 2.24) is 0 Å². The Kier molecular flexibility index (Phi) is 4.90. The largest absolute Gasteiger partial charge is 0.482 e. The standard InChI is InChI=1S/C17H14BrN3O5/c1-10-2-3-11(6-13(10)18)19-16(22)8-20-14-7-12(21(24)25)4-5-15(14)26-9-17(20)23/h2-7H,8-9H2,1H3,(H,19,22). The molecular formula is C17H14BrN3O5. The van der Waals surface area contributed by atoms with E-state index in [9.17, 15) is 19.7 Å². The number of non-ortho nitro benzene ring substituents is 1. The molecule has 0 saturated carbocycles. The van der Waals surface area contributed by atoms with Crippen molar-refractivity contribution < 1.29 is 19.2 Å². The number of aryl methyl sites for hydroxylation is 1. The first-order valence-electron chi connectivity index (χ1n) is 7.63. The molecule has 1 N–H and O–H groups in total. The Morgan fingerprint density at radius 2 is 2.12 bits per heavy atom. The minimum atomic E-state index is -0.568. The van der Waals surface area contributed by atoms with E-state index in [0.717, 1.165) is 10.0 Å². The van der Waals surface area contributed by atoms with Crippen LogP contribution in [0.1, 0.15) is 5.56 Å². The van der Waals surface area contributed by atoms with E-state index in [0.29, 0.717) is 11.4 Å². The van der Waals surface area contributed by atoms with Crippen LogP contribution in [0.2, 0.25) is 0 Å². The summed E-state index contributed by atoms with van der Waals surface area (Å²) in [6.07, 6.45) is 0. The molecule has 0 radical (unpaired) electrons. The minimum Gasteiger partial charge on any atom is -0.482 e. The molecule has 0 fully saturated rings. The number of nitrogens with zero attached hydrogens (tertiary/aromatic N) is 2. The number of nitro groups is 1. The van der Waals surface area contributed by atoms with Crippen LogP contribution >= 0.6 is 15.9 Å². The summed E-state index contributed by atoms with van der Waals surface area (Å²) in [6, 6.07) is 9.28. The summed E-state index contributed by atoms with van der Waals surface area (Å²) in [6.45, 7) is 1.42. The summed E-state index contributed by atoms with van der Waals surface area (Å²) in [5, 5.41) is 13.7. The third-order valence-corrected chi connectivity index (χ3v) is 4.71. The number of anilines is 2. The molecular weight excluding hydrogens is 406 g/mol.